The van der Waals surface area contributed by atoms with Crippen molar-refractivity contribution in [1.29, 1.82) is 0 Å². The molecule has 1 aromatic rings. The van der Waals surface area contributed by atoms with E-state index in [9.17, 15) is 18.0 Å². The molecule has 7 heteroatoms. The number of hydrogen-bond donors (Lipinski definition) is 0. The number of fused-ring (bicyclic) bond motifs is 1. The molecule has 2 rings (SSSR count). The van der Waals surface area contributed by atoms with Crippen LogP contribution in [-0.2, 0) is 9.63 Å². The lowest BCUT2D eigenvalue weighted by Crippen LogP contribution is -2.36. The van der Waals surface area contributed by atoms with Crippen molar-refractivity contribution in [3.63, 3.8) is 0 Å². The van der Waals surface area contributed by atoms with E-state index in [1.165, 1.54) is 6.21 Å². The molecule has 0 amide bonds. The molecule has 0 N–H and O–H groups in total. The Balaban J connectivity index is 2.20. The number of carbonyl (C=O) groups is 1. The van der Waals surface area contributed by atoms with E-state index in [1.807, 2.05) is 0 Å². The summed E-state index contributed by atoms with van der Waals surface area (Å²) in [5, 5.41) is 0.811. The Morgan fingerprint density at radius 3 is 2.76 bits per heavy atom. The van der Waals surface area contributed by atoms with Crippen molar-refractivity contribution in [3.05, 3.63) is 29.8 Å². The van der Waals surface area contributed by atoms with Crippen LogP contribution in [-0.4, -0.2) is 25.0 Å². The van der Waals surface area contributed by atoms with Gasteiger partial charge in [0.15, 0.2) is 0 Å². The summed E-state index contributed by atoms with van der Waals surface area (Å²) in [5.74, 6) is -2.26. The average molecular weight is 244 g/mol. The van der Waals surface area contributed by atoms with Crippen molar-refractivity contribution < 1.29 is 22.8 Å². The van der Waals surface area contributed by atoms with Gasteiger partial charge in [0.1, 0.15) is 6.67 Å². The van der Waals surface area contributed by atoms with Gasteiger partial charge in [-0.2, -0.15) is 18.2 Å². The zero-order valence-corrected chi connectivity index (χ0v) is 8.44. The molecule has 17 heavy (non-hydrogen) atoms. The minimum atomic E-state index is -5.02. The molecule has 4 nitrogen and oxygen atoms in total. The topological polar surface area (TPSA) is 41.9 Å². The van der Waals surface area contributed by atoms with Crippen molar-refractivity contribution in [2.24, 2.45) is 4.99 Å². The van der Waals surface area contributed by atoms with Crippen molar-refractivity contribution in [3.8, 4) is 0 Å². The number of rotatable bonds is 1. The third-order valence-electron chi connectivity index (χ3n) is 2.07. The van der Waals surface area contributed by atoms with Crippen LogP contribution >= 0.6 is 0 Å². The van der Waals surface area contributed by atoms with E-state index >= 15 is 0 Å². The quantitative estimate of drug-likeness (QED) is 0.757. The number of hydrogen-bond acceptors (Lipinski definition) is 4. The third kappa shape index (κ3) is 2.38. The second-order valence-electron chi connectivity index (χ2n) is 3.27. The highest BCUT2D eigenvalue weighted by Crippen LogP contribution is 2.25. The van der Waals surface area contributed by atoms with Gasteiger partial charge in [-0.1, -0.05) is 18.2 Å². The molecule has 0 fully saturated rings. The van der Waals surface area contributed by atoms with Crippen LogP contribution < -0.4 is 5.06 Å². The molecule has 0 saturated carbocycles. The summed E-state index contributed by atoms with van der Waals surface area (Å²) in [6.07, 6.45) is -3.51. The molecule has 0 spiro atoms. The van der Waals surface area contributed by atoms with Gasteiger partial charge >= 0.3 is 12.1 Å². The van der Waals surface area contributed by atoms with Crippen LogP contribution in [0.4, 0.5) is 18.9 Å². The summed E-state index contributed by atoms with van der Waals surface area (Å²) in [5.41, 5.74) is 0.967. The molecule has 0 saturated heterocycles. The summed E-state index contributed by atoms with van der Waals surface area (Å²) in [6, 6.07) is 6.54. The Kier molecular flexibility index (Phi) is 2.74. The lowest BCUT2D eigenvalue weighted by atomic mass is 10.2. The Labute approximate surface area is 94.3 Å². The SMILES string of the molecule is O=C(ON1CN=Cc2ccccc21)C(F)(F)F. The average Bonchev–Trinajstić information content (AvgIpc) is 2.28. The number of para-hydroxylation sites is 1. The summed E-state index contributed by atoms with van der Waals surface area (Å²) < 4.78 is 36.1. The van der Waals surface area contributed by atoms with Gasteiger partial charge in [-0.25, -0.2) is 4.79 Å². The summed E-state index contributed by atoms with van der Waals surface area (Å²) in [7, 11) is 0. The van der Waals surface area contributed by atoms with Crippen LogP contribution in [0.5, 0.6) is 0 Å². The zero-order valence-electron chi connectivity index (χ0n) is 8.44. The first-order valence-corrected chi connectivity index (χ1v) is 4.64. The summed E-state index contributed by atoms with van der Waals surface area (Å²) >= 11 is 0. The van der Waals surface area contributed by atoms with E-state index in [4.69, 9.17) is 0 Å². The highest BCUT2D eigenvalue weighted by Gasteiger charge is 2.43. The predicted octanol–water partition coefficient (Wildman–Crippen LogP) is 1.90. The number of carbonyl (C=O) groups excluding carboxylic acids is 1. The van der Waals surface area contributed by atoms with Gasteiger partial charge < -0.3 is 4.84 Å². The highest BCUT2D eigenvalue weighted by atomic mass is 19.4. The first-order valence-electron chi connectivity index (χ1n) is 4.64. The monoisotopic (exact) mass is 244 g/mol. The Morgan fingerprint density at radius 1 is 1.35 bits per heavy atom. The van der Waals surface area contributed by atoms with E-state index in [1.54, 1.807) is 24.3 Å². The number of halogens is 3. The van der Waals surface area contributed by atoms with Crippen molar-refractivity contribution >= 4 is 17.9 Å². The molecular weight excluding hydrogens is 237 g/mol. The highest BCUT2D eigenvalue weighted by molar-refractivity contribution is 5.90. The normalized spacial score (nSPS) is 14.4. The number of alkyl halides is 3. The fourth-order valence-corrected chi connectivity index (χ4v) is 1.34. The minimum Gasteiger partial charge on any atom is -0.330 e. The maximum Gasteiger partial charge on any atom is 0.493 e. The summed E-state index contributed by atoms with van der Waals surface area (Å²) in [4.78, 5) is 18.7. The zero-order chi connectivity index (χ0) is 12.5. The Bertz CT molecular complexity index is 471. The lowest BCUT2D eigenvalue weighted by molar-refractivity contribution is -0.201. The standard InChI is InChI=1S/C10H7F3N2O2/c11-10(12,13)9(16)17-15-6-14-5-7-3-1-2-4-8(7)15/h1-5H,6H2. The van der Waals surface area contributed by atoms with Crippen LogP contribution in [0, 0.1) is 0 Å². The van der Waals surface area contributed by atoms with Gasteiger partial charge in [-0.15, -0.1) is 0 Å². The molecule has 1 heterocycles. The molecule has 0 bridgehead atoms. The molecule has 90 valence electrons. The largest absolute Gasteiger partial charge is 0.493 e. The van der Waals surface area contributed by atoms with E-state index in [2.05, 4.69) is 9.83 Å². The van der Waals surface area contributed by atoms with Gasteiger partial charge in [0.2, 0.25) is 0 Å². The van der Waals surface area contributed by atoms with Gasteiger partial charge in [-0.05, 0) is 6.07 Å². The van der Waals surface area contributed by atoms with Crippen LogP contribution in [0.1, 0.15) is 5.56 Å². The second kappa shape index (κ2) is 4.08. The van der Waals surface area contributed by atoms with E-state index in [0.29, 0.717) is 11.3 Å². The van der Waals surface area contributed by atoms with Crippen LogP contribution in [0.2, 0.25) is 0 Å². The van der Waals surface area contributed by atoms with E-state index in [-0.39, 0.29) is 6.67 Å². The number of aliphatic imine (C=N–C) groups is 1. The van der Waals surface area contributed by atoms with Crippen LogP contribution in [0.3, 0.4) is 0 Å². The molecule has 0 unspecified atom stereocenters. The van der Waals surface area contributed by atoms with E-state index < -0.39 is 12.1 Å². The fraction of sp³-hybridized carbons (Fsp3) is 0.200. The third-order valence-corrected chi connectivity index (χ3v) is 2.07. The number of benzene rings is 1. The van der Waals surface area contributed by atoms with Gasteiger partial charge in [-0.3, -0.25) is 4.99 Å². The summed E-state index contributed by atoms with van der Waals surface area (Å²) in [6.45, 7) is -0.154. The molecule has 1 aromatic carbocycles. The van der Waals surface area contributed by atoms with Crippen molar-refractivity contribution in [1.82, 2.24) is 0 Å². The smallest absolute Gasteiger partial charge is 0.330 e. The molecule has 0 radical (unpaired) electrons. The Morgan fingerprint density at radius 2 is 2.06 bits per heavy atom. The van der Waals surface area contributed by atoms with Gasteiger partial charge in [0.05, 0.1) is 5.69 Å². The van der Waals surface area contributed by atoms with Crippen LogP contribution in [0.15, 0.2) is 29.3 Å². The second-order valence-corrected chi connectivity index (χ2v) is 3.27. The first kappa shape index (κ1) is 11.4. The molecule has 0 atom stereocenters. The van der Waals surface area contributed by atoms with Crippen LogP contribution in [0.25, 0.3) is 0 Å². The maximum atomic E-state index is 12.0. The lowest BCUT2D eigenvalue weighted by Gasteiger charge is -2.25. The first-order chi connectivity index (χ1) is 7.98. The minimum absolute atomic E-state index is 0.154. The van der Waals surface area contributed by atoms with Crippen molar-refractivity contribution in [2.45, 2.75) is 6.18 Å². The van der Waals surface area contributed by atoms with E-state index in [0.717, 1.165) is 5.06 Å². The molecule has 1 aliphatic rings. The predicted molar refractivity (Wildman–Crippen MR) is 53.5 cm³/mol. The van der Waals surface area contributed by atoms with Gasteiger partial charge in [0.25, 0.3) is 0 Å². The number of nitrogens with zero attached hydrogens (tertiary/aromatic N) is 2. The van der Waals surface area contributed by atoms with Gasteiger partial charge in [0, 0.05) is 11.8 Å². The molecule has 0 aliphatic carbocycles. The fourth-order valence-electron chi connectivity index (χ4n) is 1.34. The molecular formula is C10H7F3N2O2. The Hall–Kier alpha value is -2.05. The molecule has 1 aliphatic heterocycles. The maximum absolute atomic E-state index is 12.0. The number of anilines is 1. The van der Waals surface area contributed by atoms with Crippen molar-refractivity contribution in [2.75, 3.05) is 11.7 Å². The number of hydroxylamine groups is 1. The molecule has 0 aromatic heterocycles.